The minimum absolute atomic E-state index is 0.132. The number of aromatic nitrogens is 3. The van der Waals surface area contributed by atoms with Crippen LogP contribution in [0.25, 0.3) is 10.7 Å². The summed E-state index contributed by atoms with van der Waals surface area (Å²) in [6, 6.07) is 6.60. The van der Waals surface area contributed by atoms with Gasteiger partial charge in [0.25, 0.3) is 0 Å². The Morgan fingerprint density at radius 3 is 2.56 bits per heavy atom. The summed E-state index contributed by atoms with van der Waals surface area (Å²) in [4.78, 5) is 21.9. The second-order valence-corrected chi connectivity index (χ2v) is 9.33. The monoisotopic (exact) mass is 404 g/mol. The molecule has 3 aromatic rings. The number of anilines is 1. The second kappa shape index (κ2) is 7.61. The summed E-state index contributed by atoms with van der Waals surface area (Å²) in [5.74, 6) is 0.136. The SMILES string of the molecule is Cc1ccc(S(=O)(=O)CCC(=O)Nc2nc(C)c(-c3nccn3C)s2)cc1. The van der Waals surface area contributed by atoms with E-state index < -0.39 is 9.84 Å². The topological polar surface area (TPSA) is 93.9 Å². The van der Waals surface area contributed by atoms with Crippen LogP contribution in [0.5, 0.6) is 0 Å². The first-order valence-corrected chi connectivity index (χ1v) is 10.8. The quantitative estimate of drug-likeness (QED) is 0.682. The summed E-state index contributed by atoms with van der Waals surface area (Å²) >= 11 is 1.32. The molecule has 0 saturated carbocycles. The highest BCUT2D eigenvalue weighted by molar-refractivity contribution is 7.91. The number of benzene rings is 1. The Morgan fingerprint density at radius 1 is 1.22 bits per heavy atom. The van der Waals surface area contributed by atoms with Crippen LogP contribution in [0.1, 0.15) is 17.7 Å². The summed E-state index contributed by atoms with van der Waals surface area (Å²) in [7, 11) is -1.61. The molecule has 9 heteroatoms. The Kier molecular flexibility index (Phi) is 5.43. The lowest BCUT2D eigenvalue weighted by atomic mass is 10.2. The van der Waals surface area contributed by atoms with Crippen LogP contribution in [0.4, 0.5) is 5.13 Å². The summed E-state index contributed by atoms with van der Waals surface area (Å²) in [6.45, 7) is 3.73. The highest BCUT2D eigenvalue weighted by Crippen LogP contribution is 2.31. The Labute approximate surface area is 162 Å². The van der Waals surface area contributed by atoms with Gasteiger partial charge in [-0.1, -0.05) is 29.0 Å². The van der Waals surface area contributed by atoms with Gasteiger partial charge in [0.15, 0.2) is 20.8 Å². The number of nitrogens with zero attached hydrogens (tertiary/aromatic N) is 3. The van der Waals surface area contributed by atoms with Gasteiger partial charge in [0.05, 0.1) is 21.2 Å². The third-order valence-corrected chi connectivity index (χ3v) is 6.85. The summed E-state index contributed by atoms with van der Waals surface area (Å²) in [5.41, 5.74) is 1.74. The smallest absolute Gasteiger partial charge is 0.227 e. The third kappa shape index (κ3) is 4.42. The maximum Gasteiger partial charge on any atom is 0.227 e. The summed E-state index contributed by atoms with van der Waals surface area (Å²) in [5, 5.41) is 3.12. The van der Waals surface area contributed by atoms with E-state index in [1.807, 2.05) is 31.7 Å². The number of carbonyl (C=O) groups is 1. The molecule has 27 heavy (non-hydrogen) atoms. The number of aryl methyl sites for hydroxylation is 3. The van der Waals surface area contributed by atoms with Crippen molar-refractivity contribution >= 4 is 32.2 Å². The lowest BCUT2D eigenvalue weighted by molar-refractivity contribution is -0.115. The van der Waals surface area contributed by atoms with Gasteiger partial charge in [0.2, 0.25) is 5.91 Å². The zero-order chi connectivity index (χ0) is 19.6. The van der Waals surface area contributed by atoms with Crippen molar-refractivity contribution in [2.75, 3.05) is 11.1 Å². The maximum atomic E-state index is 12.3. The van der Waals surface area contributed by atoms with Crippen LogP contribution in [0.15, 0.2) is 41.6 Å². The van der Waals surface area contributed by atoms with Gasteiger partial charge >= 0.3 is 0 Å². The van der Waals surface area contributed by atoms with Crippen LogP contribution in [-0.4, -0.2) is 34.6 Å². The molecule has 1 aromatic carbocycles. The Morgan fingerprint density at radius 2 is 1.93 bits per heavy atom. The molecule has 0 fully saturated rings. The van der Waals surface area contributed by atoms with E-state index in [1.165, 1.54) is 11.3 Å². The number of amides is 1. The third-order valence-electron chi connectivity index (χ3n) is 4.05. The molecule has 1 amide bonds. The first-order chi connectivity index (χ1) is 12.8. The van der Waals surface area contributed by atoms with Gasteiger partial charge in [-0.2, -0.15) is 0 Å². The minimum Gasteiger partial charge on any atom is -0.333 e. The molecule has 2 aromatic heterocycles. The van der Waals surface area contributed by atoms with E-state index in [2.05, 4.69) is 15.3 Å². The van der Waals surface area contributed by atoms with Crippen LogP contribution in [0.2, 0.25) is 0 Å². The molecule has 0 aliphatic heterocycles. The molecule has 7 nitrogen and oxygen atoms in total. The van der Waals surface area contributed by atoms with Crippen molar-refractivity contribution in [2.24, 2.45) is 7.05 Å². The van der Waals surface area contributed by atoms with Crippen molar-refractivity contribution in [3.05, 3.63) is 47.9 Å². The number of nitrogens with one attached hydrogen (secondary N) is 1. The van der Waals surface area contributed by atoms with E-state index in [0.717, 1.165) is 22.0 Å². The minimum atomic E-state index is -3.50. The lowest BCUT2D eigenvalue weighted by Crippen LogP contribution is -2.17. The predicted octanol–water partition coefficient (Wildman–Crippen LogP) is 2.96. The molecule has 0 saturated heterocycles. The number of hydrogen-bond donors (Lipinski definition) is 1. The first-order valence-electron chi connectivity index (χ1n) is 8.30. The molecule has 0 aliphatic carbocycles. The average molecular weight is 405 g/mol. The lowest BCUT2D eigenvalue weighted by Gasteiger charge is -2.05. The summed E-state index contributed by atoms with van der Waals surface area (Å²) in [6.07, 6.45) is 3.40. The second-order valence-electron chi connectivity index (χ2n) is 6.23. The molecule has 2 heterocycles. The van der Waals surface area contributed by atoms with E-state index in [-0.39, 0.29) is 23.0 Å². The van der Waals surface area contributed by atoms with Gasteiger partial charge in [-0.05, 0) is 26.0 Å². The van der Waals surface area contributed by atoms with E-state index in [1.54, 1.807) is 30.5 Å². The zero-order valence-corrected chi connectivity index (χ0v) is 16.9. The summed E-state index contributed by atoms with van der Waals surface area (Å²) < 4.78 is 26.6. The van der Waals surface area contributed by atoms with Gasteiger partial charge in [-0.15, -0.1) is 0 Å². The molecular weight excluding hydrogens is 384 g/mol. The largest absolute Gasteiger partial charge is 0.333 e. The van der Waals surface area contributed by atoms with Crippen molar-refractivity contribution in [2.45, 2.75) is 25.2 Å². The molecule has 0 spiro atoms. The number of carbonyl (C=O) groups excluding carboxylic acids is 1. The molecule has 0 radical (unpaired) electrons. The molecule has 0 bridgehead atoms. The average Bonchev–Trinajstić information content (AvgIpc) is 3.18. The van der Waals surface area contributed by atoms with Gasteiger partial charge in [-0.3, -0.25) is 4.79 Å². The molecule has 0 aliphatic rings. The zero-order valence-electron chi connectivity index (χ0n) is 15.3. The van der Waals surface area contributed by atoms with E-state index in [9.17, 15) is 13.2 Å². The maximum absolute atomic E-state index is 12.3. The van der Waals surface area contributed by atoms with Crippen molar-refractivity contribution in [1.82, 2.24) is 14.5 Å². The Balaban J connectivity index is 1.65. The highest BCUT2D eigenvalue weighted by atomic mass is 32.2. The number of sulfone groups is 1. The van der Waals surface area contributed by atoms with Crippen LogP contribution in [0, 0.1) is 13.8 Å². The predicted molar refractivity (Wildman–Crippen MR) is 106 cm³/mol. The fraction of sp³-hybridized carbons (Fsp3) is 0.278. The van der Waals surface area contributed by atoms with Crippen molar-refractivity contribution in [1.29, 1.82) is 0 Å². The molecule has 0 unspecified atom stereocenters. The first kappa shape index (κ1) is 19.2. The van der Waals surface area contributed by atoms with E-state index >= 15 is 0 Å². The van der Waals surface area contributed by atoms with Crippen molar-refractivity contribution in [3.63, 3.8) is 0 Å². The van der Waals surface area contributed by atoms with E-state index in [0.29, 0.717) is 5.13 Å². The highest BCUT2D eigenvalue weighted by Gasteiger charge is 2.18. The number of imidazole rings is 1. The Hall–Kier alpha value is -2.52. The van der Waals surface area contributed by atoms with Gasteiger partial charge in [0, 0.05) is 25.9 Å². The molecule has 142 valence electrons. The van der Waals surface area contributed by atoms with E-state index in [4.69, 9.17) is 0 Å². The van der Waals surface area contributed by atoms with Crippen LogP contribution in [-0.2, 0) is 21.7 Å². The van der Waals surface area contributed by atoms with Crippen molar-refractivity contribution < 1.29 is 13.2 Å². The van der Waals surface area contributed by atoms with Gasteiger partial charge in [-0.25, -0.2) is 18.4 Å². The Bertz CT molecular complexity index is 1070. The van der Waals surface area contributed by atoms with Crippen molar-refractivity contribution in [3.8, 4) is 10.7 Å². The fourth-order valence-corrected chi connectivity index (χ4v) is 4.78. The molecule has 3 rings (SSSR count). The molecule has 1 N–H and O–H groups in total. The fourth-order valence-electron chi connectivity index (χ4n) is 2.51. The molecular formula is C18H20N4O3S2. The standard InChI is InChI=1S/C18H20N4O3S2/c1-12-4-6-14(7-5-12)27(24,25)11-8-15(23)21-18-20-13(2)16(26-18)17-19-9-10-22(17)3/h4-7,9-10H,8,11H2,1-3H3,(H,20,21,23). The number of rotatable bonds is 6. The molecule has 0 atom stereocenters. The van der Waals surface area contributed by atoms with Gasteiger partial charge in [0.1, 0.15) is 0 Å². The van der Waals surface area contributed by atoms with Gasteiger partial charge < -0.3 is 9.88 Å². The van der Waals surface area contributed by atoms with Crippen LogP contribution < -0.4 is 5.32 Å². The van der Waals surface area contributed by atoms with Crippen LogP contribution in [0.3, 0.4) is 0 Å². The number of thiazole rings is 1. The number of hydrogen-bond acceptors (Lipinski definition) is 6. The normalized spacial score (nSPS) is 11.5. The van der Waals surface area contributed by atoms with Crippen LogP contribution >= 0.6 is 11.3 Å².